The van der Waals surface area contributed by atoms with Crippen molar-refractivity contribution in [2.24, 2.45) is 0 Å². The molecule has 2 aliphatic heterocycles. The number of amides is 4. The number of nitrogens with one attached hydrogen (secondary N) is 1. The first-order chi connectivity index (χ1) is 17.6. The molecule has 2 aromatic rings. The van der Waals surface area contributed by atoms with Crippen LogP contribution in [0.5, 0.6) is 5.75 Å². The fourth-order valence-corrected chi connectivity index (χ4v) is 5.99. The minimum atomic E-state index is -1.02. The number of aromatic hydroxyl groups is 1. The van der Waals surface area contributed by atoms with Gasteiger partial charge in [0, 0.05) is 51.9 Å². The van der Waals surface area contributed by atoms with Gasteiger partial charge in [0.15, 0.2) is 6.10 Å². The zero-order valence-corrected chi connectivity index (χ0v) is 23.9. The van der Waals surface area contributed by atoms with Crippen molar-refractivity contribution < 1.29 is 24.2 Å². The molecular weight excluding hydrogens is 608 g/mol. The van der Waals surface area contributed by atoms with Gasteiger partial charge in [-0.15, -0.1) is 0 Å². The molecule has 0 aliphatic carbocycles. The third kappa shape index (κ3) is 6.38. The third-order valence-electron chi connectivity index (χ3n) is 6.76. The molecule has 4 amide bonds. The fourth-order valence-electron chi connectivity index (χ4n) is 4.71. The van der Waals surface area contributed by atoms with Gasteiger partial charge in [-0.3, -0.25) is 4.79 Å². The highest BCUT2D eigenvalue weighted by Crippen LogP contribution is 2.34. The van der Waals surface area contributed by atoms with Crippen LogP contribution in [-0.2, 0) is 22.4 Å². The van der Waals surface area contributed by atoms with Crippen LogP contribution in [0.1, 0.15) is 24.0 Å². The Labute approximate surface area is 233 Å². The first-order valence-corrected chi connectivity index (χ1v) is 13.7. The standard InChI is InChI=1S/C26H30Br2N4O5/c1-30(2)24(34)22(15-16-13-19(27)23(33)20(28)14-16)37-26(36)31-10-8-18(9-11-31)32-12-7-17-5-3-4-6-21(17)29-25(32)35/h3-6,13-14,18,22,33H,7-12,15H2,1-2H3,(H,29,35)/t22-/m1/s1. The number of anilines is 1. The lowest BCUT2D eigenvalue weighted by Crippen LogP contribution is -2.51. The second-order valence-corrected chi connectivity index (χ2v) is 11.2. The van der Waals surface area contributed by atoms with Crippen molar-refractivity contribution in [3.8, 4) is 5.75 Å². The average Bonchev–Trinajstić information content (AvgIpc) is 3.04. The number of rotatable bonds is 5. The van der Waals surface area contributed by atoms with E-state index in [1.165, 1.54) is 4.90 Å². The number of ether oxygens (including phenoxy) is 1. The number of hydrogen-bond donors (Lipinski definition) is 2. The zero-order chi connectivity index (χ0) is 26.7. The van der Waals surface area contributed by atoms with Gasteiger partial charge in [-0.1, -0.05) is 18.2 Å². The molecule has 0 saturated carbocycles. The second kappa shape index (κ2) is 11.7. The summed E-state index contributed by atoms with van der Waals surface area (Å²) < 4.78 is 6.65. The summed E-state index contributed by atoms with van der Waals surface area (Å²) in [6.45, 7) is 1.48. The molecule has 2 N–H and O–H groups in total. The monoisotopic (exact) mass is 636 g/mol. The molecule has 2 aliphatic rings. The lowest BCUT2D eigenvalue weighted by Gasteiger charge is -2.37. The highest BCUT2D eigenvalue weighted by molar-refractivity contribution is 9.11. The highest BCUT2D eigenvalue weighted by atomic mass is 79.9. The van der Waals surface area contributed by atoms with Gasteiger partial charge < -0.3 is 29.9 Å². The van der Waals surface area contributed by atoms with Gasteiger partial charge in [0.05, 0.1) is 8.95 Å². The van der Waals surface area contributed by atoms with Crippen LogP contribution in [0.15, 0.2) is 45.3 Å². The van der Waals surface area contributed by atoms with E-state index in [4.69, 9.17) is 4.74 Å². The van der Waals surface area contributed by atoms with E-state index in [2.05, 4.69) is 37.2 Å². The number of phenols is 1. The van der Waals surface area contributed by atoms with Crippen molar-refractivity contribution in [3.05, 3.63) is 56.5 Å². The summed E-state index contributed by atoms with van der Waals surface area (Å²) in [5, 5.41) is 13.0. The van der Waals surface area contributed by atoms with Crippen molar-refractivity contribution in [2.45, 2.75) is 37.8 Å². The van der Waals surface area contributed by atoms with E-state index in [0.717, 1.165) is 23.2 Å². The molecular formula is C26H30Br2N4O5. The van der Waals surface area contributed by atoms with Crippen LogP contribution >= 0.6 is 31.9 Å². The van der Waals surface area contributed by atoms with E-state index in [0.29, 0.717) is 41.4 Å². The van der Waals surface area contributed by atoms with Gasteiger partial charge >= 0.3 is 12.1 Å². The maximum Gasteiger partial charge on any atom is 0.410 e. The third-order valence-corrected chi connectivity index (χ3v) is 7.97. The van der Waals surface area contributed by atoms with Gasteiger partial charge in [0.2, 0.25) is 0 Å². The molecule has 11 heteroatoms. The van der Waals surface area contributed by atoms with Crippen molar-refractivity contribution in [1.29, 1.82) is 0 Å². The molecule has 0 radical (unpaired) electrons. The Bertz CT molecular complexity index is 1160. The number of fused-ring (bicyclic) bond motifs is 1. The van der Waals surface area contributed by atoms with Gasteiger partial charge in [-0.05, 0) is 80.4 Å². The smallest absolute Gasteiger partial charge is 0.410 e. The number of carbonyl (C=O) groups is 3. The Morgan fingerprint density at radius 3 is 2.43 bits per heavy atom. The summed E-state index contributed by atoms with van der Waals surface area (Å²) in [6, 6.07) is 11.1. The Morgan fingerprint density at radius 2 is 1.78 bits per heavy atom. The molecule has 2 aromatic carbocycles. The minimum absolute atomic E-state index is 0.0178. The Balaban J connectivity index is 1.37. The summed E-state index contributed by atoms with van der Waals surface area (Å²) in [4.78, 5) is 43.6. The summed E-state index contributed by atoms with van der Waals surface area (Å²) in [7, 11) is 3.23. The molecule has 1 saturated heterocycles. The van der Waals surface area contributed by atoms with Crippen molar-refractivity contribution in [2.75, 3.05) is 39.0 Å². The van der Waals surface area contributed by atoms with Crippen LogP contribution < -0.4 is 5.32 Å². The number of nitrogens with zero attached hydrogens (tertiary/aromatic N) is 3. The molecule has 1 atom stereocenters. The maximum absolute atomic E-state index is 13.0. The quantitative estimate of drug-likeness (QED) is 0.499. The maximum atomic E-state index is 13.0. The summed E-state index contributed by atoms with van der Waals surface area (Å²) in [5.41, 5.74) is 2.68. The number of likely N-dealkylation sites (N-methyl/N-ethyl adjacent to an activating group) is 1. The number of phenolic OH excluding ortho intramolecular Hbond substituents is 1. The molecule has 1 fully saturated rings. The topological polar surface area (TPSA) is 102 Å². The number of halogens is 2. The molecule has 9 nitrogen and oxygen atoms in total. The zero-order valence-electron chi connectivity index (χ0n) is 20.7. The number of hydrogen-bond acceptors (Lipinski definition) is 5. The lowest BCUT2D eigenvalue weighted by atomic mass is 10.0. The average molecular weight is 638 g/mol. The Kier molecular flexibility index (Phi) is 8.63. The number of likely N-dealkylation sites (tertiary alicyclic amines) is 1. The Hall–Kier alpha value is -2.79. The van der Waals surface area contributed by atoms with Crippen LogP contribution in [0, 0.1) is 0 Å². The number of para-hydroxylation sites is 1. The molecule has 0 aromatic heterocycles. The van der Waals surface area contributed by atoms with Crippen molar-refractivity contribution in [1.82, 2.24) is 14.7 Å². The molecule has 4 rings (SSSR count). The van der Waals surface area contributed by atoms with Gasteiger partial charge in [-0.25, -0.2) is 9.59 Å². The molecule has 2 heterocycles. The number of urea groups is 1. The highest BCUT2D eigenvalue weighted by Gasteiger charge is 2.34. The lowest BCUT2D eigenvalue weighted by molar-refractivity contribution is -0.138. The van der Waals surface area contributed by atoms with Crippen LogP contribution in [0.4, 0.5) is 15.3 Å². The van der Waals surface area contributed by atoms with Gasteiger partial charge in [-0.2, -0.15) is 0 Å². The second-order valence-electron chi connectivity index (χ2n) is 9.47. The molecule has 0 bridgehead atoms. The van der Waals surface area contributed by atoms with Crippen molar-refractivity contribution >= 4 is 55.6 Å². The molecule has 0 unspecified atom stereocenters. The number of piperidine rings is 1. The number of benzene rings is 2. The molecule has 37 heavy (non-hydrogen) atoms. The van der Waals surface area contributed by atoms with E-state index >= 15 is 0 Å². The van der Waals surface area contributed by atoms with E-state index in [1.54, 1.807) is 31.1 Å². The predicted octanol–water partition coefficient (Wildman–Crippen LogP) is 4.61. The largest absolute Gasteiger partial charge is 0.506 e. The van der Waals surface area contributed by atoms with Crippen molar-refractivity contribution in [3.63, 3.8) is 0 Å². The van der Waals surface area contributed by atoms with E-state index in [1.807, 2.05) is 29.2 Å². The van der Waals surface area contributed by atoms with Crippen LogP contribution in [-0.4, -0.2) is 83.7 Å². The van der Waals surface area contributed by atoms with Crippen LogP contribution in [0.25, 0.3) is 0 Å². The first kappa shape index (κ1) is 27.3. The normalized spacial score (nSPS) is 16.9. The predicted molar refractivity (Wildman–Crippen MR) is 147 cm³/mol. The van der Waals surface area contributed by atoms with Gasteiger partial charge in [0.1, 0.15) is 5.75 Å². The van der Waals surface area contributed by atoms with E-state index in [-0.39, 0.29) is 30.2 Å². The SMILES string of the molecule is CN(C)C(=O)[C@@H](Cc1cc(Br)c(O)c(Br)c1)OC(=O)N1CCC(N2CCc3ccccc3NC2=O)CC1. The van der Waals surface area contributed by atoms with Gasteiger partial charge in [0.25, 0.3) is 5.91 Å². The summed E-state index contributed by atoms with van der Waals surface area (Å²) in [5.74, 6) is -0.273. The number of carbonyl (C=O) groups excluding carboxylic acids is 3. The molecule has 198 valence electrons. The summed E-state index contributed by atoms with van der Waals surface area (Å²) >= 11 is 6.60. The molecule has 0 spiro atoms. The van der Waals surface area contributed by atoms with E-state index in [9.17, 15) is 19.5 Å². The van der Waals surface area contributed by atoms with Crippen LogP contribution in [0.3, 0.4) is 0 Å². The van der Waals surface area contributed by atoms with Crippen LogP contribution in [0.2, 0.25) is 0 Å². The fraction of sp³-hybridized carbons (Fsp3) is 0.423. The summed E-state index contributed by atoms with van der Waals surface area (Å²) in [6.07, 6.45) is 0.619. The Morgan fingerprint density at radius 1 is 1.14 bits per heavy atom. The van der Waals surface area contributed by atoms with E-state index < -0.39 is 12.2 Å². The minimum Gasteiger partial charge on any atom is -0.506 e. The first-order valence-electron chi connectivity index (χ1n) is 12.1.